The average Bonchev–Trinajstić information content (AvgIpc) is 2.95. The topological polar surface area (TPSA) is 26.3 Å². The van der Waals surface area contributed by atoms with E-state index in [2.05, 4.69) is 11.8 Å². The van der Waals surface area contributed by atoms with Gasteiger partial charge in [0.25, 0.3) is 0 Å². The van der Waals surface area contributed by atoms with Crippen LogP contribution >= 0.6 is 0 Å². The number of hydrogen-bond donors (Lipinski definition) is 0. The zero-order chi connectivity index (χ0) is 12.1. The van der Waals surface area contributed by atoms with Crippen molar-refractivity contribution < 1.29 is 9.53 Å². The van der Waals surface area contributed by atoms with E-state index < -0.39 is 0 Å². The van der Waals surface area contributed by atoms with Crippen molar-refractivity contribution in [2.75, 3.05) is 0 Å². The molecule has 0 amide bonds. The average molecular weight is 236 g/mol. The van der Waals surface area contributed by atoms with Gasteiger partial charge in [-0.1, -0.05) is 6.08 Å². The first-order valence-electron chi connectivity index (χ1n) is 6.30. The number of benzene rings is 1. The van der Waals surface area contributed by atoms with E-state index in [1.54, 1.807) is 0 Å². The quantitative estimate of drug-likeness (QED) is 0.581. The Bertz CT molecular complexity index is 654. The van der Waals surface area contributed by atoms with Crippen LogP contribution in [0.1, 0.15) is 45.8 Å². The summed E-state index contributed by atoms with van der Waals surface area (Å²) in [6.07, 6.45) is 8.36. The second kappa shape index (κ2) is 3.47. The highest BCUT2D eigenvalue weighted by atomic mass is 16.5. The smallest absolute Gasteiger partial charge is 0.338 e. The van der Waals surface area contributed by atoms with Crippen LogP contribution in [0.4, 0.5) is 0 Å². The maximum Gasteiger partial charge on any atom is 0.338 e. The van der Waals surface area contributed by atoms with Gasteiger partial charge in [-0.05, 0) is 54.2 Å². The molecule has 0 radical (unpaired) electrons. The van der Waals surface area contributed by atoms with Gasteiger partial charge in [0.15, 0.2) is 0 Å². The molecule has 2 aliphatic carbocycles. The van der Waals surface area contributed by atoms with Crippen molar-refractivity contribution in [3.63, 3.8) is 0 Å². The minimum Gasteiger partial charge on any atom is -0.457 e. The van der Waals surface area contributed by atoms with Gasteiger partial charge in [-0.2, -0.15) is 0 Å². The lowest BCUT2D eigenvalue weighted by molar-refractivity contribution is 0.0534. The van der Waals surface area contributed by atoms with E-state index in [9.17, 15) is 4.79 Å². The van der Waals surface area contributed by atoms with Crippen LogP contribution in [0, 0.1) is 0 Å². The first kappa shape index (κ1) is 9.93. The van der Waals surface area contributed by atoms with Gasteiger partial charge in [0.1, 0.15) is 6.61 Å². The van der Waals surface area contributed by atoms with Crippen LogP contribution in [-0.4, -0.2) is 5.97 Å². The van der Waals surface area contributed by atoms with E-state index in [0.29, 0.717) is 12.5 Å². The summed E-state index contributed by atoms with van der Waals surface area (Å²) in [7, 11) is 0. The fourth-order valence-corrected chi connectivity index (χ4v) is 2.68. The van der Waals surface area contributed by atoms with Gasteiger partial charge in [0.05, 0.1) is 5.56 Å². The number of carbonyl (C=O) groups is 1. The third-order valence-corrected chi connectivity index (χ3v) is 3.78. The Kier molecular flexibility index (Phi) is 1.91. The fraction of sp³-hybridized carbons (Fsp3) is 0.250. The SMILES string of the molecule is O=C1OCc2c1cc(C1=C=CC=C1)cc2C1CC1. The summed E-state index contributed by atoms with van der Waals surface area (Å²) in [4.78, 5) is 11.8. The molecule has 3 aliphatic rings. The molecule has 0 atom stereocenters. The summed E-state index contributed by atoms with van der Waals surface area (Å²) < 4.78 is 5.17. The predicted molar refractivity (Wildman–Crippen MR) is 68.2 cm³/mol. The van der Waals surface area contributed by atoms with Crippen LogP contribution in [-0.2, 0) is 11.3 Å². The predicted octanol–water partition coefficient (Wildman–Crippen LogP) is 3.34. The van der Waals surface area contributed by atoms with Gasteiger partial charge in [-0.25, -0.2) is 4.79 Å². The normalized spacial score (nSPS) is 20.0. The molecule has 1 aliphatic heterocycles. The summed E-state index contributed by atoms with van der Waals surface area (Å²) >= 11 is 0. The molecule has 1 saturated carbocycles. The van der Waals surface area contributed by atoms with Gasteiger partial charge in [0, 0.05) is 11.1 Å². The lowest BCUT2D eigenvalue weighted by atomic mass is 9.93. The van der Waals surface area contributed by atoms with Crippen LogP contribution in [0.3, 0.4) is 0 Å². The van der Waals surface area contributed by atoms with Crippen LogP contribution in [0.5, 0.6) is 0 Å². The Balaban J connectivity index is 1.93. The number of rotatable bonds is 2. The van der Waals surface area contributed by atoms with Gasteiger partial charge >= 0.3 is 5.97 Å². The van der Waals surface area contributed by atoms with Gasteiger partial charge in [-0.15, -0.1) is 5.73 Å². The van der Waals surface area contributed by atoms with E-state index in [-0.39, 0.29) is 5.97 Å². The number of cyclic esters (lactones) is 1. The third kappa shape index (κ3) is 1.40. The highest BCUT2D eigenvalue weighted by molar-refractivity contribution is 5.95. The molecule has 0 bridgehead atoms. The first-order chi connectivity index (χ1) is 8.83. The van der Waals surface area contributed by atoms with E-state index in [0.717, 1.165) is 22.3 Å². The molecular formula is C16H12O2. The molecule has 0 saturated heterocycles. The van der Waals surface area contributed by atoms with Crippen molar-refractivity contribution in [1.82, 2.24) is 0 Å². The molecule has 0 spiro atoms. The van der Waals surface area contributed by atoms with E-state index >= 15 is 0 Å². The molecule has 18 heavy (non-hydrogen) atoms. The van der Waals surface area contributed by atoms with E-state index in [1.165, 1.54) is 18.4 Å². The molecule has 2 heteroatoms. The van der Waals surface area contributed by atoms with Crippen molar-refractivity contribution in [2.45, 2.75) is 25.4 Å². The van der Waals surface area contributed by atoms with E-state index in [4.69, 9.17) is 4.74 Å². The lowest BCUT2D eigenvalue weighted by Gasteiger charge is -2.08. The van der Waals surface area contributed by atoms with Crippen molar-refractivity contribution in [1.29, 1.82) is 0 Å². The number of carbonyl (C=O) groups excluding carboxylic acids is 1. The van der Waals surface area contributed by atoms with Crippen molar-refractivity contribution in [3.8, 4) is 0 Å². The zero-order valence-corrected chi connectivity index (χ0v) is 9.90. The Labute approximate surface area is 105 Å². The molecule has 2 nitrogen and oxygen atoms in total. The summed E-state index contributed by atoms with van der Waals surface area (Å²) in [6, 6.07) is 4.16. The molecule has 1 fully saturated rings. The highest BCUT2D eigenvalue weighted by Gasteiger charge is 2.32. The number of ether oxygens (including phenoxy) is 1. The fourth-order valence-electron chi connectivity index (χ4n) is 2.68. The van der Waals surface area contributed by atoms with Crippen molar-refractivity contribution >= 4 is 11.5 Å². The highest BCUT2D eigenvalue weighted by Crippen LogP contribution is 2.45. The van der Waals surface area contributed by atoms with Gasteiger partial charge in [0.2, 0.25) is 0 Å². The number of hydrogen-bond acceptors (Lipinski definition) is 2. The van der Waals surface area contributed by atoms with Crippen LogP contribution in [0.2, 0.25) is 0 Å². The Morgan fingerprint density at radius 2 is 2.17 bits per heavy atom. The van der Waals surface area contributed by atoms with Crippen LogP contribution in [0.15, 0.2) is 36.1 Å². The summed E-state index contributed by atoms with van der Waals surface area (Å²) in [5.41, 5.74) is 8.50. The molecule has 1 aromatic carbocycles. The number of allylic oxidation sites excluding steroid dienone is 3. The Morgan fingerprint density at radius 1 is 1.28 bits per heavy atom. The Hall–Kier alpha value is -2.05. The summed E-state index contributed by atoms with van der Waals surface area (Å²) in [5, 5.41) is 0. The molecule has 1 aromatic rings. The lowest BCUT2D eigenvalue weighted by Crippen LogP contribution is -1.98. The molecule has 0 aromatic heterocycles. The molecule has 4 rings (SSSR count). The first-order valence-corrected chi connectivity index (χ1v) is 6.30. The Morgan fingerprint density at radius 3 is 2.89 bits per heavy atom. The molecule has 1 heterocycles. The second-order valence-electron chi connectivity index (χ2n) is 5.03. The van der Waals surface area contributed by atoms with Gasteiger partial charge in [-0.3, -0.25) is 0 Å². The maximum absolute atomic E-state index is 11.8. The minimum absolute atomic E-state index is 0.180. The standard InChI is InChI=1S/C16H12O2/c17-16-14-8-12(10-3-1-2-4-10)7-13(11-5-6-11)15(14)9-18-16/h1-3,7-8,11H,5-6,9H2. The molecule has 0 unspecified atom stereocenters. The zero-order valence-electron chi connectivity index (χ0n) is 9.90. The second-order valence-corrected chi connectivity index (χ2v) is 5.03. The van der Waals surface area contributed by atoms with Crippen LogP contribution in [0.25, 0.3) is 5.57 Å². The number of esters is 1. The monoisotopic (exact) mass is 236 g/mol. The van der Waals surface area contributed by atoms with Crippen molar-refractivity contribution in [3.05, 3.63) is 58.3 Å². The minimum atomic E-state index is -0.180. The van der Waals surface area contributed by atoms with Gasteiger partial charge < -0.3 is 4.74 Å². The third-order valence-electron chi connectivity index (χ3n) is 3.78. The molecular weight excluding hydrogens is 224 g/mol. The molecule has 0 N–H and O–H groups in total. The largest absolute Gasteiger partial charge is 0.457 e. The van der Waals surface area contributed by atoms with Crippen molar-refractivity contribution in [2.24, 2.45) is 0 Å². The summed E-state index contributed by atoms with van der Waals surface area (Å²) in [6.45, 7) is 0.449. The van der Waals surface area contributed by atoms with E-state index in [1.807, 2.05) is 24.3 Å². The maximum atomic E-state index is 11.8. The summed E-state index contributed by atoms with van der Waals surface area (Å²) in [5.74, 6) is 0.448. The number of fused-ring (bicyclic) bond motifs is 1. The van der Waals surface area contributed by atoms with Crippen LogP contribution < -0.4 is 0 Å². The molecule has 88 valence electrons.